The third kappa shape index (κ3) is 4.68. The zero-order valence-corrected chi connectivity index (χ0v) is 20.5. The fraction of sp³-hybridized carbons (Fsp3) is 0.333. The Labute approximate surface area is 212 Å². The standard InChI is InChI=1S/C30H32N2O4/c1-36-25-15-16-26-23(18-25)14-8-9-17-31(26)24-19-27(30(34)35)32(20-24)29(33)28(21-10-4-2-5-11-21)22-12-6-3-7-13-22/h2-7,10-13,15-16,18,24,27-28H,8-9,14,17,19-20H2,1H3,(H,34,35). The van der Waals surface area contributed by atoms with Crippen LogP contribution < -0.4 is 9.64 Å². The number of aryl methyl sites for hydroxylation is 1. The summed E-state index contributed by atoms with van der Waals surface area (Å²) in [6.07, 6.45) is 3.46. The van der Waals surface area contributed by atoms with Gasteiger partial charge in [-0.2, -0.15) is 0 Å². The number of hydrogen-bond donors (Lipinski definition) is 1. The van der Waals surface area contributed by atoms with Crippen molar-refractivity contribution in [3.05, 3.63) is 95.6 Å². The van der Waals surface area contributed by atoms with E-state index in [0.717, 1.165) is 48.4 Å². The number of fused-ring (bicyclic) bond motifs is 1. The van der Waals surface area contributed by atoms with Crippen LogP contribution in [0.4, 0.5) is 5.69 Å². The summed E-state index contributed by atoms with van der Waals surface area (Å²) in [7, 11) is 1.67. The number of benzene rings is 3. The number of rotatable bonds is 6. The molecule has 0 saturated carbocycles. The summed E-state index contributed by atoms with van der Waals surface area (Å²) >= 11 is 0. The van der Waals surface area contributed by atoms with Gasteiger partial charge >= 0.3 is 5.97 Å². The molecule has 0 radical (unpaired) electrons. The number of carboxylic acid groups (broad SMARTS) is 1. The van der Waals surface area contributed by atoms with Crippen LogP contribution in [0.15, 0.2) is 78.9 Å². The molecule has 2 aliphatic heterocycles. The van der Waals surface area contributed by atoms with Gasteiger partial charge in [0.15, 0.2) is 0 Å². The quantitative estimate of drug-likeness (QED) is 0.548. The van der Waals surface area contributed by atoms with Crippen molar-refractivity contribution in [2.24, 2.45) is 0 Å². The molecular weight excluding hydrogens is 452 g/mol. The molecule has 5 rings (SSSR count). The SMILES string of the molecule is COc1ccc2c(c1)CCCCN2C1CC(C(=O)O)N(C(=O)C(c2ccccc2)c2ccccc2)C1. The van der Waals surface area contributed by atoms with Gasteiger partial charge in [0.25, 0.3) is 0 Å². The predicted octanol–water partition coefficient (Wildman–Crippen LogP) is 4.72. The smallest absolute Gasteiger partial charge is 0.326 e. The Balaban J connectivity index is 1.48. The number of likely N-dealkylation sites (tertiary alicyclic amines) is 1. The summed E-state index contributed by atoms with van der Waals surface area (Å²) in [6, 6.07) is 24.5. The highest BCUT2D eigenvalue weighted by atomic mass is 16.5. The van der Waals surface area contributed by atoms with Gasteiger partial charge in [0.05, 0.1) is 13.0 Å². The number of hydrogen-bond acceptors (Lipinski definition) is 4. The molecule has 0 bridgehead atoms. The number of nitrogens with zero attached hydrogens (tertiary/aromatic N) is 2. The van der Waals surface area contributed by atoms with Crippen LogP contribution >= 0.6 is 0 Å². The Morgan fingerprint density at radius 1 is 0.944 bits per heavy atom. The first kappa shape index (κ1) is 23.9. The molecule has 3 aromatic carbocycles. The van der Waals surface area contributed by atoms with Crippen molar-refractivity contribution in [2.75, 3.05) is 25.1 Å². The second-order valence-corrected chi connectivity index (χ2v) is 9.63. The highest BCUT2D eigenvalue weighted by Crippen LogP contribution is 2.36. The molecule has 3 aromatic rings. The topological polar surface area (TPSA) is 70.1 Å². The van der Waals surface area contributed by atoms with E-state index in [2.05, 4.69) is 17.0 Å². The number of methoxy groups -OCH3 is 1. The monoisotopic (exact) mass is 484 g/mol. The lowest BCUT2D eigenvalue weighted by molar-refractivity contribution is -0.148. The third-order valence-corrected chi connectivity index (χ3v) is 7.49. The Morgan fingerprint density at radius 3 is 2.22 bits per heavy atom. The maximum Gasteiger partial charge on any atom is 0.326 e. The van der Waals surface area contributed by atoms with Crippen LogP contribution in [0.3, 0.4) is 0 Å². The van der Waals surface area contributed by atoms with Crippen molar-refractivity contribution in [2.45, 2.75) is 43.7 Å². The molecular formula is C30H32N2O4. The molecule has 1 saturated heterocycles. The van der Waals surface area contributed by atoms with Gasteiger partial charge in [-0.15, -0.1) is 0 Å². The van der Waals surface area contributed by atoms with E-state index < -0.39 is 17.9 Å². The summed E-state index contributed by atoms with van der Waals surface area (Å²) in [4.78, 5) is 30.4. The van der Waals surface area contributed by atoms with Gasteiger partial charge in [0.2, 0.25) is 5.91 Å². The summed E-state index contributed by atoms with van der Waals surface area (Å²) in [5, 5.41) is 10.2. The minimum absolute atomic E-state index is 0.0625. The summed E-state index contributed by atoms with van der Waals surface area (Å²) in [5.41, 5.74) is 4.08. The van der Waals surface area contributed by atoms with Crippen LogP contribution in [-0.4, -0.2) is 54.2 Å². The molecule has 0 aromatic heterocycles. The van der Waals surface area contributed by atoms with Crippen LogP contribution in [0.5, 0.6) is 5.75 Å². The largest absolute Gasteiger partial charge is 0.497 e. The highest BCUT2D eigenvalue weighted by Gasteiger charge is 2.44. The van der Waals surface area contributed by atoms with Crippen molar-refractivity contribution in [1.29, 1.82) is 0 Å². The fourth-order valence-corrected chi connectivity index (χ4v) is 5.72. The zero-order valence-electron chi connectivity index (χ0n) is 20.5. The number of amides is 1. The van der Waals surface area contributed by atoms with Crippen molar-refractivity contribution < 1.29 is 19.4 Å². The van der Waals surface area contributed by atoms with Crippen LogP contribution in [-0.2, 0) is 16.0 Å². The number of aliphatic carboxylic acids is 1. The number of ether oxygens (including phenoxy) is 1. The van der Waals surface area contributed by atoms with Gasteiger partial charge in [-0.05, 0) is 54.2 Å². The number of carbonyl (C=O) groups excluding carboxylic acids is 1. The zero-order chi connectivity index (χ0) is 25.1. The van der Waals surface area contributed by atoms with E-state index in [0.29, 0.717) is 13.0 Å². The maximum absolute atomic E-state index is 14.1. The van der Waals surface area contributed by atoms with Gasteiger partial charge < -0.3 is 19.6 Å². The molecule has 0 aliphatic carbocycles. The first-order chi connectivity index (χ1) is 17.6. The van der Waals surface area contributed by atoms with Crippen molar-refractivity contribution in [3.63, 3.8) is 0 Å². The molecule has 2 heterocycles. The summed E-state index contributed by atoms with van der Waals surface area (Å²) in [6.45, 7) is 1.23. The van der Waals surface area contributed by atoms with Crippen LogP contribution in [0, 0.1) is 0 Å². The predicted molar refractivity (Wildman–Crippen MR) is 140 cm³/mol. The molecule has 2 atom stereocenters. The molecule has 186 valence electrons. The molecule has 6 heteroatoms. The van der Waals surface area contributed by atoms with Gasteiger partial charge in [-0.3, -0.25) is 4.79 Å². The van der Waals surface area contributed by atoms with Gasteiger partial charge in [0, 0.05) is 31.2 Å². The molecule has 2 aliphatic rings. The lowest BCUT2D eigenvalue weighted by atomic mass is 9.90. The minimum Gasteiger partial charge on any atom is -0.497 e. The van der Waals surface area contributed by atoms with Crippen molar-refractivity contribution >= 4 is 17.6 Å². The normalized spacial score (nSPS) is 19.6. The molecule has 6 nitrogen and oxygen atoms in total. The molecule has 0 spiro atoms. The Hall–Kier alpha value is -3.80. The van der Waals surface area contributed by atoms with Gasteiger partial charge in [-0.25, -0.2) is 4.79 Å². The first-order valence-electron chi connectivity index (χ1n) is 12.6. The van der Waals surface area contributed by atoms with Crippen molar-refractivity contribution in [1.82, 2.24) is 4.90 Å². The average Bonchev–Trinajstić information content (AvgIpc) is 3.25. The molecule has 1 amide bonds. The number of carboxylic acids is 1. The third-order valence-electron chi connectivity index (χ3n) is 7.49. The lowest BCUT2D eigenvalue weighted by Crippen LogP contribution is -2.44. The highest BCUT2D eigenvalue weighted by molar-refractivity contribution is 5.91. The van der Waals surface area contributed by atoms with E-state index in [1.54, 1.807) is 12.0 Å². The van der Waals surface area contributed by atoms with Gasteiger partial charge in [0.1, 0.15) is 11.8 Å². The number of carbonyl (C=O) groups is 2. The van der Waals surface area contributed by atoms with E-state index in [1.807, 2.05) is 66.7 Å². The molecule has 1 N–H and O–H groups in total. The summed E-state index contributed by atoms with van der Waals surface area (Å²) in [5.74, 6) is -0.827. The second-order valence-electron chi connectivity index (χ2n) is 9.63. The Bertz CT molecular complexity index is 1170. The maximum atomic E-state index is 14.1. The van der Waals surface area contributed by atoms with E-state index in [1.165, 1.54) is 5.56 Å². The van der Waals surface area contributed by atoms with Crippen LogP contribution in [0.1, 0.15) is 41.9 Å². The second kappa shape index (κ2) is 10.4. The fourth-order valence-electron chi connectivity index (χ4n) is 5.72. The van der Waals surface area contributed by atoms with Crippen molar-refractivity contribution in [3.8, 4) is 5.75 Å². The van der Waals surface area contributed by atoms with Crippen LogP contribution in [0.25, 0.3) is 0 Å². The van der Waals surface area contributed by atoms with E-state index >= 15 is 0 Å². The van der Waals surface area contributed by atoms with E-state index in [-0.39, 0.29) is 11.9 Å². The molecule has 2 unspecified atom stereocenters. The van der Waals surface area contributed by atoms with E-state index in [9.17, 15) is 14.7 Å². The Kier molecular flexibility index (Phi) is 6.94. The minimum atomic E-state index is -0.949. The number of anilines is 1. The molecule has 1 fully saturated rings. The first-order valence-corrected chi connectivity index (χ1v) is 12.6. The van der Waals surface area contributed by atoms with Crippen LogP contribution in [0.2, 0.25) is 0 Å². The molecule has 36 heavy (non-hydrogen) atoms. The summed E-state index contributed by atoms with van der Waals surface area (Å²) < 4.78 is 5.44. The Morgan fingerprint density at radius 2 is 1.61 bits per heavy atom. The van der Waals surface area contributed by atoms with Gasteiger partial charge in [-0.1, -0.05) is 60.7 Å². The van der Waals surface area contributed by atoms with E-state index in [4.69, 9.17) is 4.74 Å². The lowest BCUT2D eigenvalue weighted by Gasteiger charge is -2.32. The average molecular weight is 485 g/mol.